The summed E-state index contributed by atoms with van der Waals surface area (Å²) < 4.78 is 0. The molecule has 0 heterocycles. The monoisotopic (exact) mass is 335 g/mol. The van der Waals surface area contributed by atoms with Gasteiger partial charge in [-0.05, 0) is 44.1 Å². The minimum atomic E-state index is 0.167. The van der Waals surface area contributed by atoms with Crippen LogP contribution in [0, 0.1) is 5.92 Å². The van der Waals surface area contributed by atoms with Crippen LogP contribution in [0.4, 0.5) is 0 Å². The van der Waals surface area contributed by atoms with Gasteiger partial charge >= 0.3 is 0 Å². The lowest BCUT2D eigenvalue weighted by molar-refractivity contribution is 0.490. The molecule has 23 heavy (non-hydrogen) atoms. The second-order valence-corrected chi connectivity index (χ2v) is 7.41. The Morgan fingerprint density at radius 1 is 1.30 bits per heavy atom. The highest BCUT2D eigenvalue weighted by Crippen LogP contribution is 2.22. The first-order valence-electron chi connectivity index (χ1n) is 8.68. The maximum atomic E-state index is 5.20. The molecule has 1 rings (SSSR count). The molecule has 0 aromatic heterocycles. The zero-order valence-corrected chi connectivity index (χ0v) is 16.0. The predicted molar refractivity (Wildman–Crippen MR) is 105 cm³/mol. The lowest BCUT2D eigenvalue weighted by atomic mass is 10.0. The topological polar surface area (TPSA) is 36.1 Å². The Bertz CT molecular complexity index is 461. The maximum absolute atomic E-state index is 5.20. The van der Waals surface area contributed by atoms with Crippen LogP contribution in [-0.2, 0) is 0 Å². The van der Waals surface area contributed by atoms with Gasteiger partial charge in [-0.3, -0.25) is 0 Å². The minimum Gasteiger partial charge on any atom is -0.383 e. The van der Waals surface area contributed by atoms with Gasteiger partial charge in [0.25, 0.3) is 0 Å². The normalized spacial score (nSPS) is 16.0. The summed E-state index contributed by atoms with van der Waals surface area (Å²) in [6.07, 6.45) is 6.75. The van der Waals surface area contributed by atoms with Crippen LogP contribution >= 0.6 is 12.2 Å². The van der Waals surface area contributed by atoms with Gasteiger partial charge < -0.3 is 16.0 Å². The second-order valence-electron chi connectivity index (χ2n) is 6.80. The maximum Gasteiger partial charge on any atom is 0.0727 e. The first-order valence-corrected chi connectivity index (χ1v) is 9.08. The Labute approximate surface area is 147 Å². The number of hydrogen-bond donors (Lipinski definition) is 3. The Kier molecular flexibility index (Phi) is 8.38. The SMILES string of the molecule is C=C(NC1CC1)/C(=C/CC)CNC(=C)C(CC(C)C)NC(C)=S. The van der Waals surface area contributed by atoms with Crippen LogP contribution in [0.15, 0.2) is 36.2 Å². The fourth-order valence-electron chi connectivity index (χ4n) is 2.45. The van der Waals surface area contributed by atoms with E-state index in [1.165, 1.54) is 18.4 Å². The van der Waals surface area contributed by atoms with E-state index in [9.17, 15) is 0 Å². The third-order valence-electron chi connectivity index (χ3n) is 3.80. The molecule has 1 saturated carbocycles. The molecule has 0 amide bonds. The molecule has 1 unspecified atom stereocenters. The van der Waals surface area contributed by atoms with E-state index in [4.69, 9.17) is 12.2 Å². The van der Waals surface area contributed by atoms with Gasteiger partial charge in [0.1, 0.15) is 0 Å². The summed E-state index contributed by atoms with van der Waals surface area (Å²) in [5.74, 6) is 0.581. The summed E-state index contributed by atoms with van der Waals surface area (Å²) in [5, 5.41) is 10.3. The Morgan fingerprint density at radius 2 is 1.96 bits per heavy atom. The van der Waals surface area contributed by atoms with E-state index in [0.717, 1.165) is 35.8 Å². The molecule has 0 radical (unpaired) electrons. The summed E-state index contributed by atoms with van der Waals surface area (Å²) in [6.45, 7) is 17.6. The Balaban J connectivity index is 2.58. The highest BCUT2D eigenvalue weighted by atomic mass is 32.1. The number of rotatable bonds is 11. The molecular weight excluding hydrogens is 302 g/mol. The van der Waals surface area contributed by atoms with E-state index in [2.05, 4.69) is 56.0 Å². The molecule has 0 saturated heterocycles. The number of hydrogen-bond acceptors (Lipinski definition) is 3. The predicted octanol–water partition coefficient (Wildman–Crippen LogP) is 4.04. The molecule has 0 aromatic rings. The van der Waals surface area contributed by atoms with Gasteiger partial charge in [-0.25, -0.2) is 0 Å². The molecule has 4 heteroatoms. The van der Waals surface area contributed by atoms with E-state index >= 15 is 0 Å². The third kappa shape index (κ3) is 8.21. The average molecular weight is 336 g/mol. The van der Waals surface area contributed by atoms with Crippen molar-refractivity contribution in [1.82, 2.24) is 16.0 Å². The quantitative estimate of drug-likeness (QED) is 0.393. The zero-order valence-electron chi connectivity index (χ0n) is 15.2. The fraction of sp³-hybridized carbons (Fsp3) is 0.632. The van der Waals surface area contributed by atoms with Gasteiger partial charge in [0.15, 0.2) is 0 Å². The van der Waals surface area contributed by atoms with Crippen molar-refractivity contribution in [2.75, 3.05) is 6.54 Å². The molecule has 3 N–H and O–H groups in total. The van der Waals surface area contributed by atoms with Crippen molar-refractivity contribution in [2.45, 2.75) is 65.5 Å². The van der Waals surface area contributed by atoms with Gasteiger partial charge in [0, 0.05) is 24.0 Å². The third-order valence-corrected chi connectivity index (χ3v) is 3.92. The highest BCUT2D eigenvalue weighted by molar-refractivity contribution is 7.80. The van der Waals surface area contributed by atoms with Crippen molar-refractivity contribution in [2.24, 2.45) is 5.92 Å². The molecule has 1 aliphatic rings. The highest BCUT2D eigenvalue weighted by Gasteiger charge is 2.22. The molecular formula is C19H33N3S. The summed E-state index contributed by atoms with van der Waals surface area (Å²) >= 11 is 5.20. The van der Waals surface area contributed by atoms with Gasteiger partial charge in [-0.15, -0.1) is 0 Å². The molecule has 1 fully saturated rings. The fourth-order valence-corrected chi connectivity index (χ4v) is 2.59. The molecule has 0 bridgehead atoms. The minimum absolute atomic E-state index is 0.167. The molecule has 0 aliphatic heterocycles. The van der Waals surface area contributed by atoms with Gasteiger partial charge in [0.2, 0.25) is 0 Å². The molecule has 3 nitrogen and oxygen atoms in total. The lowest BCUT2D eigenvalue weighted by Crippen LogP contribution is -2.39. The standard InChI is InChI=1S/C19H33N3S/c1-7-8-17(14(4)21-18-9-10-18)12-20-15(5)19(11-13(2)3)22-16(6)23/h8,13,18-21H,4-5,7,9-12H2,1-3,6H3,(H,22,23)/b17-8+. The van der Waals surface area contributed by atoms with Gasteiger partial charge in [-0.1, -0.05) is 52.2 Å². The summed E-state index contributed by atoms with van der Waals surface area (Å²) in [6, 6.07) is 0.791. The van der Waals surface area contributed by atoms with Gasteiger partial charge in [-0.2, -0.15) is 0 Å². The van der Waals surface area contributed by atoms with Crippen molar-refractivity contribution < 1.29 is 0 Å². The van der Waals surface area contributed by atoms with Crippen LogP contribution in [0.3, 0.4) is 0 Å². The summed E-state index contributed by atoms with van der Waals surface area (Å²) in [7, 11) is 0. The van der Waals surface area contributed by atoms with Crippen LogP contribution in [0.5, 0.6) is 0 Å². The van der Waals surface area contributed by atoms with E-state index in [-0.39, 0.29) is 6.04 Å². The van der Waals surface area contributed by atoms with Crippen LogP contribution in [0.2, 0.25) is 0 Å². The van der Waals surface area contributed by atoms with E-state index in [0.29, 0.717) is 12.0 Å². The zero-order chi connectivity index (χ0) is 17.4. The Hall–Kier alpha value is -1.29. The van der Waals surface area contributed by atoms with E-state index in [1.54, 1.807) is 0 Å². The number of allylic oxidation sites excluding steroid dienone is 1. The van der Waals surface area contributed by atoms with Crippen molar-refractivity contribution in [3.05, 3.63) is 36.2 Å². The number of nitrogens with one attached hydrogen (secondary N) is 3. The lowest BCUT2D eigenvalue weighted by Gasteiger charge is -2.25. The van der Waals surface area contributed by atoms with Crippen molar-refractivity contribution in [3.8, 4) is 0 Å². The van der Waals surface area contributed by atoms with Crippen molar-refractivity contribution in [3.63, 3.8) is 0 Å². The molecule has 130 valence electrons. The Morgan fingerprint density at radius 3 is 2.43 bits per heavy atom. The van der Waals surface area contributed by atoms with Crippen molar-refractivity contribution in [1.29, 1.82) is 0 Å². The average Bonchev–Trinajstić information content (AvgIpc) is 3.25. The first-order chi connectivity index (χ1) is 10.8. The number of thiocarbonyl (C=S) groups is 1. The van der Waals surface area contributed by atoms with Crippen LogP contribution in [0.1, 0.15) is 53.4 Å². The van der Waals surface area contributed by atoms with Crippen LogP contribution in [0.25, 0.3) is 0 Å². The largest absolute Gasteiger partial charge is 0.383 e. The van der Waals surface area contributed by atoms with Crippen LogP contribution < -0.4 is 16.0 Å². The smallest absolute Gasteiger partial charge is 0.0727 e. The van der Waals surface area contributed by atoms with E-state index in [1.807, 2.05) is 6.92 Å². The second kappa shape index (κ2) is 9.76. The molecule has 1 aliphatic carbocycles. The molecule has 0 spiro atoms. The summed E-state index contributed by atoms with van der Waals surface area (Å²) in [5.41, 5.74) is 3.25. The van der Waals surface area contributed by atoms with Crippen LogP contribution in [-0.4, -0.2) is 23.6 Å². The van der Waals surface area contributed by atoms with Gasteiger partial charge in [0.05, 0.1) is 11.0 Å². The molecule has 0 aromatic carbocycles. The van der Waals surface area contributed by atoms with E-state index < -0.39 is 0 Å². The molecule has 1 atom stereocenters. The van der Waals surface area contributed by atoms with Crippen molar-refractivity contribution >= 4 is 17.2 Å². The summed E-state index contributed by atoms with van der Waals surface area (Å²) in [4.78, 5) is 0.808. The first kappa shape index (κ1) is 19.8.